The summed E-state index contributed by atoms with van der Waals surface area (Å²) < 4.78 is 11.7. The molecule has 0 saturated carbocycles. The molecule has 0 bridgehead atoms. The Morgan fingerprint density at radius 3 is 2.67 bits per heavy atom. The topological polar surface area (TPSA) is 30.5 Å². The van der Waals surface area contributed by atoms with Gasteiger partial charge in [-0.3, -0.25) is 0 Å². The molecule has 0 atom stereocenters. The summed E-state index contributed by atoms with van der Waals surface area (Å²) in [5.41, 5.74) is 3.47. The fourth-order valence-electron chi connectivity index (χ4n) is 2.05. The van der Waals surface area contributed by atoms with E-state index in [-0.39, 0.29) is 0 Å². The van der Waals surface area contributed by atoms with Crippen LogP contribution in [0.4, 0.5) is 5.69 Å². The van der Waals surface area contributed by atoms with Crippen molar-refractivity contribution < 1.29 is 9.47 Å². The van der Waals surface area contributed by atoms with Crippen molar-refractivity contribution in [1.29, 1.82) is 0 Å². The number of methoxy groups -OCH3 is 1. The molecule has 21 heavy (non-hydrogen) atoms. The van der Waals surface area contributed by atoms with Gasteiger partial charge >= 0.3 is 0 Å². The maximum Gasteiger partial charge on any atom is 0.133 e. The number of ether oxygens (including phenoxy) is 2. The van der Waals surface area contributed by atoms with E-state index in [1.807, 2.05) is 25.1 Å². The van der Waals surface area contributed by atoms with Gasteiger partial charge in [-0.25, -0.2) is 0 Å². The Morgan fingerprint density at radius 1 is 1.14 bits per heavy atom. The number of para-hydroxylation sites is 1. The highest BCUT2D eigenvalue weighted by molar-refractivity contribution is 9.10. The normalized spacial score (nSPS) is 10.4. The zero-order valence-electron chi connectivity index (χ0n) is 12.4. The molecule has 0 radical (unpaired) electrons. The number of nitrogens with one attached hydrogen (secondary N) is 1. The summed E-state index contributed by atoms with van der Waals surface area (Å²) in [6, 6.07) is 14.3. The van der Waals surface area contributed by atoms with E-state index >= 15 is 0 Å². The zero-order chi connectivity index (χ0) is 15.1. The average molecular weight is 350 g/mol. The van der Waals surface area contributed by atoms with Crippen LogP contribution in [0, 0.1) is 0 Å². The van der Waals surface area contributed by atoms with Crippen LogP contribution >= 0.6 is 15.9 Å². The first-order valence-corrected chi connectivity index (χ1v) is 7.75. The van der Waals surface area contributed by atoms with Gasteiger partial charge in [0, 0.05) is 24.4 Å². The minimum atomic E-state index is 0.631. The van der Waals surface area contributed by atoms with Crippen molar-refractivity contribution in [3.05, 3.63) is 58.1 Å². The van der Waals surface area contributed by atoms with Gasteiger partial charge in [-0.05, 0) is 46.6 Å². The van der Waals surface area contributed by atoms with Crippen molar-refractivity contribution in [2.24, 2.45) is 0 Å². The van der Waals surface area contributed by atoms with Crippen LogP contribution in [0.1, 0.15) is 18.1 Å². The Bertz CT molecular complexity index is 587. The van der Waals surface area contributed by atoms with Crippen LogP contribution in [0.2, 0.25) is 0 Å². The summed E-state index contributed by atoms with van der Waals surface area (Å²) >= 11 is 3.51. The summed E-state index contributed by atoms with van der Waals surface area (Å²) in [5.74, 6) is 0.843. The number of benzene rings is 2. The van der Waals surface area contributed by atoms with Gasteiger partial charge in [-0.2, -0.15) is 0 Å². The van der Waals surface area contributed by atoms with Gasteiger partial charge in [0.2, 0.25) is 0 Å². The predicted octanol–water partition coefficient (Wildman–Crippen LogP) is 4.61. The molecule has 0 aliphatic carbocycles. The van der Waals surface area contributed by atoms with Gasteiger partial charge in [-0.15, -0.1) is 0 Å². The molecule has 4 heteroatoms. The van der Waals surface area contributed by atoms with Crippen LogP contribution < -0.4 is 10.1 Å². The molecule has 2 aromatic rings. The highest BCUT2D eigenvalue weighted by Crippen LogP contribution is 2.26. The lowest BCUT2D eigenvalue weighted by Crippen LogP contribution is -2.03. The van der Waals surface area contributed by atoms with Gasteiger partial charge in [0.1, 0.15) is 5.75 Å². The number of rotatable bonds is 7. The van der Waals surface area contributed by atoms with Crippen LogP contribution in [0.3, 0.4) is 0 Å². The molecule has 1 N–H and O–H groups in total. The second-order valence-electron chi connectivity index (χ2n) is 4.62. The Kier molecular flexibility index (Phi) is 6.08. The standard InChI is InChI=1S/C17H20BrNO2/c1-3-21-12-14-6-4-5-7-16(14)19-11-13-8-9-17(20-2)15(18)10-13/h4-10,19H,3,11-12H2,1-2H3. The van der Waals surface area contributed by atoms with E-state index in [0.29, 0.717) is 6.61 Å². The molecular weight excluding hydrogens is 330 g/mol. The lowest BCUT2D eigenvalue weighted by atomic mass is 10.1. The van der Waals surface area contributed by atoms with Crippen LogP contribution in [0.5, 0.6) is 5.75 Å². The Morgan fingerprint density at radius 2 is 1.95 bits per heavy atom. The zero-order valence-corrected chi connectivity index (χ0v) is 13.9. The number of hydrogen-bond donors (Lipinski definition) is 1. The SMILES string of the molecule is CCOCc1ccccc1NCc1ccc(OC)c(Br)c1. The summed E-state index contributed by atoms with van der Waals surface area (Å²) in [6.07, 6.45) is 0. The van der Waals surface area contributed by atoms with Crippen molar-refractivity contribution in [2.75, 3.05) is 19.0 Å². The summed E-state index contributed by atoms with van der Waals surface area (Å²) in [4.78, 5) is 0. The molecule has 0 heterocycles. The molecule has 0 aromatic heterocycles. The van der Waals surface area contributed by atoms with Crippen molar-refractivity contribution >= 4 is 21.6 Å². The first-order chi connectivity index (χ1) is 10.2. The molecule has 0 amide bonds. The van der Waals surface area contributed by atoms with Gasteiger partial charge in [0.05, 0.1) is 18.2 Å². The Balaban J connectivity index is 2.04. The van der Waals surface area contributed by atoms with Gasteiger partial charge in [0.15, 0.2) is 0 Å². The molecule has 0 saturated heterocycles. The molecule has 2 rings (SSSR count). The van der Waals surface area contributed by atoms with E-state index in [9.17, 15) is 0 Å². The van der Waals surface area contributed by atoms with Crippen LogP contribution in [-0.4, -0.2) is 13.7 Å². The van der Waals surface area contributed by atoms with Crippen molar-refractivity contribution in [3.63, 3.8) is 0 Å². The van der Waals surface area contributed by atoms with E-state index in [0.717, 1.165) is 29.1 Å². The second-order valence-corrected chi connectivity index (χ2v) is 5.47. The monoisotopic (exact) mass is 349 g/mol. The highest BCUT2D eigenvalue weighted by atomic mass is 79.9. The Hall–Kier alpha value is -1.52. The lowest BCUT2D eigenvalue weighted by molar-refractivity contribution is 0.134. The van der Waals surface area contributed by atoms with Gasteiger partial charge < -0.3 is 14.8 Å². The number of halogens is 1. The van der Waals surface area contributed by atoms with Crippen LogP contribution in [0.15, 0.2) is 46.9 Å². The Labute approximate surface area is 134 Å². The molecular formula is C17H20BrNO2. The maximum atomic E-state index is 5.50. The molecule has 0 aliphatic heterocycles. The van der Waals surface area contributed by atoms with E-state index in [1.54, 1.807) is 7.11 Å². The third kappa shape index (κ3) is 4.48. The fourth-order valence-corrected chi connectivity index (χ4v) is 2.64. The maximum absolute atomic E-state index is 5.50. The molecule has 0 spiro atoms. The quantitative estimate of drug-likeness (QED) is 0.791. The van der Waals surface area contributed by atoms with Gasteiger partial charge in [-0.1, -0.05) is 24.3 Å². The van der Waals surface area contributed by atoms with E-state index in [4.69, 9.17) is 9.47 Å². The molecule has 0 fully saturated rings. The van der Waals surface area contributed by atoms with Crippen molar-refractivity contribution in [3.8, 4) is 5.75 Å². The molecule has 0 aliphatic rings. The van der Waals surface area contributed by atoms with E-state index in [1.165, 1.54) is 11.1 Å². The molecule has 0 unspecified atom stereocenters. The molecule has 3 nitrogen and oxygen atoms in total. The number of anilines is 1. The smallest absolute Gasteiger partial charge is 0.133 e. The minimum Gasteiger partial charge on any atom is -0.496 e. The van der Waals surface area contributed by atoms with Crippen LogP contribution in [-0.2, 0) is 17.9 Å². The van der Waals surface area contributed by atoms with Crippen LogP contribution in [0.25, 0.3) is 0 Å². The van der Waals surface area contributed by atoms with Gasteiger partial charge in [0.25, 0.3) is 0 Å². The largest absolute Gasteiger partial charge is 0.496 e. The third-order valence-electron chi connectivity index (χ3n) is 3.18. The van der Waals surface area contributed by atoms with Crippen molar-refractivity contribution in [1.82, 2.24) is 0 Å². The average Bonchev–Trinajstić information content (AvgIpc) is 2.52. The van der Waals surface area contributed by atoms with Crippen molar-refractivity contribution in [2.45, 2.75) is 20.1 Å². The summed E-state index contributed by atoms with van der Waals surface area (Å²) in [7, 11) is 1.67. The highest BCUT2D eigenvalue weighted by Gasteiger charge is 2.04. The lowest BCUT2D eigenvalue weighted by Gasteiger charge is -2.13. The van der Waals surface area contributed by atoms with E-state index in [2.05, 4.69) is 45.5 Å². The fraction of sp³-hybridized carbons (Fsp3) is 0.294. The first kappa shape index (κ1) is 15.9. The second kappa shape index (κ2) is 8.05. The molecule has 112 valence electrons. The van der Waals surface area contributed by atoms with E-state index < -0.39 is 0 Å². The number of hydrogen-bond acceptors (Lipinski definition) is 3. The first-order valence-electron chi connectivity index (χ1n) is 6.96. The third-order valence-corrected chi connectivity index (χ3v) is 3.80. The predicted molar refractivity (Wildman–Crippen MR) is 89.8 cm³/mol. The minimum absolute atomic E-state index is 0.631. The molecule has 2 aromatic carbocycles. The summed E-state index contributed by atoms with van der Waals surface area (Å²) in [5, 5.41) is 3.46. The summed E-state index contributed by atoms with van der Waals surface area (Å²) in [6.45, 7) is 4.11.